The molecule has 5 nitrogen and oxygen atoms in total. The molecule has 0 aliphatic rings. The van der Waals surface area contributed by atoms with Crippen molar-refractivity contribution >= 4 is 5.97 Å². The van der Waals surface area contributed by atoms with E-state index in [1.807, 2.05) is 29.5 Å². The van der Waals surface area contributed by atoms with Crippen LogP contribution in [0.1, 0.15) is 20.3 Å². The molecule has 0 radical (unpaired) electrons. The normalized spacial score (nSPS) is 11.2. The quantitative estimate of drug-likeness (QED) is 0.754. The van der Waals surface area contributed by atoms with Gasteiger partial charge < -0.3 is 9.67 Å². The first-order valence-electron chi connectivity index (χ1n) is 5.51. The van der Waals surface area contributed by atoms with E-state index in [9.17, 15) is 4.79 Å². The fourth-order valence-electron chi connectivity index (χ4n) is 1.57. The molecule has 0 unspecified atom stereocenters. The van der Waals surface area contributed by atoms with Crippen molar-refractivity contribution in [2.45, 2.75) is 32.9 Å². The topological polar surface area (TPSA) is 58.4 Å². The third-order valence-corrected chi connectivity index (χ3v) is 2.49. The average Bonchev–Trinajstić information content (AvgIpc) is 2.68. The minimum absolute atomic E-state index is 0.113. The zero-order valence-corrected chi connectivity index (χ0v) is 9.83. The van der Waals surface area contributed by atoms with Crippen LogP contribution in [-0.2, 0) is 11.3 Å². The second-order valence-corrected chi connectivity index (χ2v) is 4.11. The van der Waals surface area contributed by atoms with E-state index in [4.69, 9.17) is 5.11 Å². The molecular formula is C11H19N3O2. The Morgan fingerprint density at radius 1 is 1.56 bits per heavy atom. The van der Waals surface area contributed by atoms with Gasteiger partial charge in [-0.05, 0) is 20.3 Å². The predicted molar refractivity (Wildman–Crippen MR) is 61.2 cm³/mol. The van der Waals surface area contributed by atoms with Crippen molar-refractivity contribution in [3.8, 4) is 0 Å². The minimum Gasteiger partial charge on any atom is -0.480 e. The van der Waals surface area contributed by atoms with Crippen LogP contribution in [0.15, 0.2) is 18.7 Å². The first-order valence-corrected chi connectivity index (χ1v) is 5.51. The second kappa shape index (κ2) is 6.27. The Hall–Kier alpha value is -1.36. The number of aryl methyl sites for hydroxylation is 1. The molecule has 1 aromatic heterocycles. The molecule has 90 valence electrons. The van der Waals surface area contributed by atoms with Gasteiger partial charge in [-0.3, -0.25) is 9.69 Å². The zero-order valence-electron chi connectivity index (χ0n) is 9.83. The third kappa shape index (κ3) is 4.44. The van der Waals surface area contributed by atoms with Gasteiger partial charge in [0.2, 0.25) is 0 Å². The molecule has 1 N–H and O–H groups in total. The molecule has 0 atom stereocenters. The second-order valence-electron chi connectivity index (χ2n) is 4.11. The van der Waals surface area contributed by atoms with Gasteiger partial charge in [0.25, 0.3) is 0 Å². The van der Waals surface area contributed by atoms with Crippen LogP contribution in [0.5, 0.6) is 0 Å². The molecule has 0 amide bonds. The summed E-state index contributed by atoms with van der Waals surface area (Å²) in [6.45, 7) is 5.81. The van der Waals surface area contributed by atoms with Crippen LogP contribution in [0.4, 0.5) is 0 Å². The van der Waals surface area contributed by atoms with Crippen molar-refractivity contribution in [1.82, 2.24) is 14.5 Å². The maximum Gasteiger partial charge on any atom is 0.317 e. The molecule has 0 aromatic carbocycles. The number of hydrogen-bond donors (Lipinski definition) is 1. The van der Waals surface area contributed by atoms with Gasteiger partial charge in [0.15, 0.2) is 0 Å². The fraction of sp³-hybridized carbons (Fsp3) is 0.636. The van der Waals surface area contributed by atoms with Gasteiger partial charge in [-0.15, -0.1) is 0 Å². The number of aromatic nitrogens is 2. The summed E-state index contributed by atoms with van der Waals surface area (Å²) in [5.41, 5.74) is 0. The highest BCUT2D eigenvalue weighted by molar-refractivity contribution is 5.69. The number of aliphatic carboxylic acids is 1. The summed E-state index contributed by atoms with van der Waals surface area (Å²) in [6, 6.07) is 0.263. The van der Waals surface area contributed by atoms with Crippen molar-refractivity contribution in [1.29, 1.82) is 0 Å². The van der Waals surface area contributed by atoms with Crippen molar-refractivity contribution in [3.63, 3.8) is 0 Å². The molecule has 5 heteroatoms. The maximum absolute atomic E-state index is 10.6. The summed E-state index contributed by atoms with van der Waals surface area (Å²) in [5.74, 6) is -0.767. The summed E-state index contributed by atoms with van der Waals surface area (Å²) in [4.78, 5) is 16.6. The van der Waals surface area contributed by atoms with Crippen LogP contribution < -0.4 is 0 Å². The molecule has 0 spiro atoms. The van der Waals surface area contributed by atoms with E-state index in [1.165, 1.54) is 0 Å². The monoisotopic (exact) mass is 225 g/mol. The number of hydrogen-bond acceptors (Lipinski definition) is 3. The fourth-order valence-corrected chi connectivity index (χ4v) is 1.57. The average molecular weight is 225 g/mol. The van der Waals surface area contributed by atoms with E-state index in [0.717, 1.165) is 19.5 Å². The van der Waals surface area contributed by atoms with Crippen LogP contribution in [0.25, 0.3) is 0 Å². The summed E-state index contributed by atoms with van der Waals surface area (Å²) in [5, 5.41) is 8.76. The van der Waals surface area contributed by atoms with Crippen LogP contribution in [0.2, 0.25) is 0 Å². The van der Waals surface area contributed by atoms with Crippen molar-refractivity contribution < 1.29 is 9.90 Å². The van der Waals surface area contributed by atoms with E-state index < -0.39 is 5.97 Å². The molecule has 0 fully saturated rings. The first kappa shape index (κ1) is 12.7. The third-order valence-electron chi connectivity index (χ3n) is 2.49. The Kier molecular flexibility index (Phi) is 4.98. The van der Waals surface area contributed by atoms with Gasteiger partial charge in [-0.25, -0.2) is 4.98 Å². The molecule has 0 saturated carbocycles. The minimum atomic E-state index is -0.767. The lowest BCUT2D eigenvalue weighted by Gasteiger charge is -2.24. The number of carboxylic acids is 1. The van der Waals surface area contributed by atoms with Gasteiger partial charge in [-0.1, -0.05) is 0 Å². The SMILES string of the molecule is CC(C)N(CCCn1ccnc1)CC(=O)O. The smallest absolute Gasteiger partial charge is 0.317 e. The predicted octanol–water partition coefficient (Wildman–Crippen LogP) is 1.07. The van der Waals surface area contributed by atoms with E-state index in [2.05, 4.69) is 4.98 Å². The molecule has 16 heavy (non-hydrogen) atoms. The van der Waals surface area contributed by atoms with Gasteiger partial charge in [0.1, 0.15) is 0 Å². The largest absolute Gasteiger partial charge is 0.480 e. The molecular weight excluding hydrogens is 206 g/mol. The molecule has 0 saturated heterocycles. The van der Waals surface area contributed by atoms with E-state index in [0.29, 0.717) is 0 Å². The van der Waals surface area contributed by atoms with Crippen molar-refractivity contribution in [3.05, 3.63) is 18.7 Å². The van der Waals surface area contributed by atoms with Gasteiger partial charge in [0.05, 0.1) is 12.9 Å². The molecule has 0 aliphatic carbocycles. The lowest BCUT2D eigenvalue weighted by Crippen LogP contribution is -2.36. The summed E-state index contributed by atoms with van der Waals surface area (Å²) in [6.07, 6.45) is 6.37. The maximum atomic E-state index is 10.6. The standard InChI is InChI=1S/C11H19N3O2/c1-10(2)14(8-11(15)16)6-3-5-13-7-4-12-9-13/h4,7,9-10H,3,5-6,8H2,1-2H3,(H,15,16). The number of carbonyl (C=O) groups is 1. The Bertz CT molecular complexity index is 309. The highest BCUT2D eigenvalue weighted by Gasteiger charge is 2.12. The molecule has 0 bridgehead atoms. The van der Waals surface area contributed by atoms with Crippen LogP contribution in [-0.4, -0.2) is 44.7 Å². The Morgan fingerprint density at radius 2 is 2.31 bits per heavy atom. The van der Waals surface area contributed by atoms with E-state index in [1.54, 1.807) is 12.5 Å². The van der Waals surface area contributed by atoms with Gasteiger partial charge >= 0.3 is 5.97 Å². The Morgan fingerprint density at radius 3 is 2.81 bits per heavy atom. The van der Waals surface area contributed by atoms with Crippen LogP contribution >= 0.6 is 0 Å². The molecule has 1 heterocycles. The van der Waals surface area contributed by atoms with Crippen molar-refractivity contribution in [2.75, 3.05) is 13.1 Å². The van der Waals surface area contributed by atoms with Gasteiger partial charge in [-0.2, -0.15) is 0 Å². The van der Waals surface area contributed by atoms with E-state index >= 15 is 0 Å². The number of nitrogens with zero attached hydrogens (tertiary/aromatic N) is 3. The molecule has 1 aromatic rings. The van der Waals surface area contributed by atoms with Crippen molar-refractivity contribution in [2.24, 2.45) is 0 Å². The zero-order chi connectivity index (χ0) is 12.0. The molecule has 1 rings (SSSR count). The molecule has 0 aliphatic heterocycles. The van der Waals surface area contributed by atoms with E-state index in [-0.39, 0.29) is 12.6 Å². The summed E-state index contributed by atoms with van der Waals surface area (Å²) in [7, 11) is 0. The lowest BCUT2D eigenvalue weighted by atomic mass is 10.3. The Balaban J connectivity index is 2.29. The number of rotatable bonds is 7. The first-order chi connectivity index (χ1) is 7.59. The van der Waals surface area contributed by atoms with Gasteiger partial charge in [0, 0.05) is 31.5 Å². The number of imidazole rings is 1. The highest BCUT2D eigenvalue weighted by atomic mass is 16.4. The highest BCUT2D eigenvalue weighted by Crippen LogP contribution is 2.01. The van der Waals surface area contributed by atoms with Crippen LogP contribution in [0, 0.1) is 0 Å². The van der Waals surface area contributed by atoms with Crippen LogP contribution in [0.3, 0.4) is 0 Å². The Labute approximate surface area is 95.7 Å². The lowest BCUT2D eigenvalue weighted by molar-refractivity contribution is -0.138. The summed E-state index contributed by atoms with van der Waals surface area (Å²) >= 11 is 0. The number of carboxylic acid groups (broad SMARTS) is 1. The summed E-state index contributed by atoms with van der Waals surface area (Å²) < 4.78 is 2.00.